The molecule has 0 bridgehead atoms. The molecule has 2 heterocycles. The molecule has 0 amide bonds. The molecular formula is C18H25Cl2N3OS. The monoisotopic (exact) mass is 401 g/mol. The second kappa shape index (κ2) is 9.08. The van der Waals surface area contributed by atoms with Gasteiger partial charge in [0, 0.05) is 22.9 Å². The molecule has 1 aliphatic carbocycles. The third-order valence-electron chi connectivity index (χ3n) is 4.93. The molecule has 0 radical (unpaired) electrons. The molecule has 0 spiro atoms. The number of ether oxygens (including phenoxy) is 1. The SMILES string of the molecule is Cl.Cl.NCC1CCC(Nc2nc3c(s2)CCOc2ccccc2-3)CC1. The number of fused-ring (bicyclic) bond motifs is 3. The summed E-state index contributed by atoms with van der Waals surface area (Å²) in [5, 5.41) is 4.72. The summed E-state index contributed by atoms with van der Waals surface area (Å²) in [7, 11) is 0. The highest BCUT2D eigenvalue weighted by molar-refractivity contribution is 7.16. The number of hydrogen-bond acceptors (Lipinski definition) is 5. The van der Waals surface area contributed by atoms with Gasteiger partial charge in [0.1, 0.15) is 5.75 Å². The summed E-state index contributed by atoms with van der Waals surface area (Å²) in [5.74, 6) is 1.66. The molecule has 0 saturated heterocycles. The normalized spacial score (nSPS) is 21.5. The number of hydrogen-bond donors (Lipinski definition) is 2. The Labute approximate surface area is 165 Å². The van der Waals surface area contributed by atoms with Crippen LogP contribution in [0.3, 0.4) is 0 Å². The van der Waals surface area contributed by atoms with Crippen LogP contribution in [0.25, 0.3) is 11.3 Å². The Morgan fingerprint density at radius 1 is 1.16 bits per heavy atom. The van der Waals surface area contributed by atoms with Gasteiger partial charge in [0.05, 0.1) is 12.3 Å². The molecule has 1 aromatic carbocycles. The number of benzene rings is 1. The van der Waals surface area contributed by atoms with Crippen molar-refractivity contribution in [1.82, 2.24) is 4.98 Å². The number of nitrogens with one attached hydrogen (secondary N) is 1. The maximum absolute atomic E-state index is 5.84. The molecule has 138 valence electrons. The molecule has 1 aromatic heterocycles. The lowest BCUT2D eigenvalue weighted by atomic mass is 9.86. The van der Waals surface area contributed by atoms with Crippen molar-refractivity contribution in [1.29, 1.82) is 0 Å². The van der Waals surface area contributed by atoms with E-state index in [2.05, 4.69) is 17.4 Å². The number of anilines is 1. The Morgan fingerprint density at radius 2 is 1.92 bits per heavy atom. The highest BCUT2D eigenvalue weighted by Crippen LogP contribution is 2.39. The minimum absolute atomic E-state index is 0. The van der Waals surface area contributed by atoms with Crippen molar-refractivity contribution in [3.63, 3.8) is 0 Å². The molecule has 1 fully saturated rings. The summed E-state index contributed by atoms with van der Waals surface area (Å²) >= 11 is 1.79. The maximum atomic E-state index is 5.84. The van der Waals surface area contributed by atoms with Gasteiger partial charge < -0.3 is 15.8 Å². The van der Waals surface area contributed by atoms with E-state index in [-0.39, 0.29) is 24.8 Å². The van der Waals surface area contributed by atoms with E-state index in [9.17, 15) is 0 Å². The fraction of sp³-hybridized carbons (Fsp3) is 0.500. The van der Waals surface area contributed by atoms with Gasteiger partial charge in [0.15, 0.2) is 5.13 Å². The number of thiazole rings is 1. The van der Waals surface area contributed by atoms with Crippen LogP contribution < -0.4 is 15.8 Å². The highest BCUT2D eigenvalue weighted by atomic mass is 35.5. The van der Waals surface area contributed by atoms with Crippen molar-refractivity contribution in [3.05, 3.63) is 29.1 Å². The van der Waals surface area contributed by atoms with Crippen LogP contribution >= 0.6 is 36.2 Å². The molecule has 0 unspecified atom stereocenters. The summed E-state index contributed by atoms with van der Waals surface area (Å²) in [6.45, 7) is 1.56. The summed E-state index contributed by atoms with van der Waals surface area (Å²) in [6.07, 6.45) is 5.80. The Hall–Kier alpha value is -1.01. The lowest BCUT2D eigenvalue weighted by Gasteiger charge is -2.28. The van der Waals surface area contributed by atoms with Gasteiger partial charge in [-0.2, -0.15) is 0 Å². The van der Waals surface area contributed by atoms with E-state index in [1.54, 1.807) is 11.3 Å². The van der Waals surface area contributed by atoms with Crippen LogP contribution in [0.15, 0.2) is 24.3 Å². The smallest absolute Gasteiger partial charge is 0.183 e. The second-order valence-electron chi connectivity index (χ2n) is 6.48. The first-order chi connectivity index (χ1) is 11.3. The zero-order valence-electron chi connectivity index (χ0n) is 14.1. The van der Waals surface area contributed by atoms with Gasteiger partial charge in [-0.25, -0.2) is 4.98 Å². The van der Waals surface area contributed by atoms with Gasteiger partial charge in [0.25, 0.3) is 0 Å². The molecule has 0 atom stereocenters. The zero-order chi connectivity index (χ0) is 15.6. The topological polar surface area (TPSA) is 60.2 Å². The molecule has 1 saturated carbocycles. The largest absolute Gasteiger partial charge is 0.493 e. The average molecular weight is 402 g/mol. The number of aromatic nitrogens is 1. The minimum Gasteiger partial charge on any atom is -0.493 e. The van der Waals surface area contributed by atoms with Crippen molar-refractivity contribution in [3.8, 4) is 17.0 Å². The van der Waals surface area contributed by atoms with Gasteiger partial charge in [-0.05, 0) is 50.3 Å². The zero-order valence-corrected chi connectivity index (χ0v) is 16.5. The van der Waals surface area contributed by atoms with Gasteiger partial charge in [-0.1, -0.05) is 12.1 Å². The number of para-hydroxylation sites is 1. The van der Waals surface area contributed by atoms with E-state index in [4.69, 9.17) is 15.5 Å². The second-order valence-corrected chi connectivity index (χ2v) is 7.57. The number of nitrogens with two attached hydrogens (primary N) is 1. The van der Waals surface area contributed by atoms with Crippen LogP contribution in [-0.2, 0) is 6.42 Å². The van der Waals surface area contributed by atoms with Crippen LogP contribution in [0.5, 0.6) is 5.75 Å². The van der Waals surface area contributed by atoms with Crippen LogP contribution in [0.2, 0.25) is 0 Å². The molecule has 1 aliphatic heterocycles. The molecule has 2 aromatic rings. The fourth-order valence-electron chi connectivity index (χ4n) is 3.55. The first kappa shape index (κ1) is 20.3. The quantitative estimate of drug-likeness (QED) is 0.793. The number of halogens is 2. The van der Waals surface area contributed by atoms with E-state index in [1.807, 2.05) is 12.1 Å². The third-order valence-corrected chi connectivity index (χ3v) is 5.98. The van der Waals surface area contributed by atoms with E-state index in [0.717, 1.165) is 41.7 Å². The Bertz CT molecular complexity index is 687. The van der Waals surface area contributed by atoms with Crippen molar-refractivity contribution < 1.29 is 4.74 Å². The van der Waals surface area contributed by atoms with Crippen molar-refractivity contribution in [2.24, 2.45) is 11.7 Å². The lowest BCUT2D eigenvalue weighted by molar-refractivity contribution is 0.327. The minimum atomic E-state index is 0. The standard InChI is InChI=1S/C18H23N3OS.2ClH/c19-11-12-5-7-13(8-6-12)20-18-21-17-14-3-1-2-4-15(14)22-10-9-16(17)23-18;;/h1-4,12-13H,5-11,19H2,(H,20,21);2*1H. The molecule has 4 rings (SSSR count). The van der Waals surface area contributed by atoms with Gasteiger partial charge in [-0.3, -0.25) is 0 Å². The van der Waals surface area contributed by atoms with E-state index >= 15 is 0 Å². The predicted molar refractivity (Wildman–Crippen MR) is 110 cm³/mol. The van der Waals surface area contributed by atoms with Crippen molar-refractivity contribution in [2.75, 3.05) is 18.5 Å². The van der Waals surface area contributed by atoms with Gasteiger partial charge >= 0.3 is 0 Å². The highest BCUT2D eigenvalue weighted by Gasteiger charge is 2.23. The molecule has 25 heavy (non-hydrogen) atoms. The van der Waals surface area contributed by atoms with Crippen LogP contribution in [-0.4, -0.2) is 24.2 Å². The van der Waals surface area contributed by atoms with E-state index in [1.165, 1.54) is 30.6 Å². The van der Waals surface area contributed by atoms with Crippen molar-refractivity contribution >= 4 is 41.3 Å². The first-order valence-electron chi connectivity index (χ1n) is 8.52. The Balaban J connectivity index is 0.00000113. The summed E-state index contributed by atoms with van der Waals surface area (Å²) in [4.78, 5) is 6.22. The predicted octanol–water partition coefficient (Wildman–Crippen LogP) is 4.52. The third kappa shape index (κ3) is 4.40. The first-order valence-corrected chi connectivity index (χ1v) is 9.33. The van der Waals surface area contributed by atoms with Crippen LogP contribution in [0.1, 0.15) is 30.6 Å². The van der Waals surface area contributed by atoms with Gasteiger partial charge in [0.2, 0.25) is 0 Å². The van der Waals surface area contributed by atoms with E-state index < -0.39 is 0 Å². The fourth-order valence-corrected chi connectivity index (χ4v) is 4.59. The average Bonchev–Trinajstić information content (AvgIpc) is 2.90. The molecule has 7 heteroatoms. The Morgan fingerprint density at radius 3 is 2.68 bits per heavy atom. The molecular weight excluding hydrogens is 377 g/mol. The number of nitrogens with zero attached hydrogens (tertiary/aromatic N) is 1. The lowest BCUT2D eigenvalue weighted by Crippen LogP contribution is -2.29. The maximum Gasteiger partial charge on any atom is 0.183 e. The molecule has 3 N–H and O–H groups in total. The summed E-state index contributed by atoms with van der Waals surface area (Å²) in [6, 6.07) is 8.75. The molecule has 4 nitrogen and oxygen atoms in total. The summed E-state index contributed by atoms with van der Waals surface area (Å²) in [5.41, 5.74) is 8.00. The van der Waals surface area contributed by atoms with E-state index in [0.29, 0.717) is 12.0 Å². The van der Waals surface area contributed by atoms with Gasteiger partial charge in [-0.15, -0.1) is 36.2 Å². The van der Waals surface area contributed by atoms with Crippen LogP contribution in [0.4, 0.5) is 5.13 Å². The van der Waals surface area contributed by atoms with Crippen molar-refractivity contribution in [2.45, 2.75) is 38.1 Å². The Kier molecular flexibility index (Phi) is 7.37. The van der Waals surface area contributed by atoms with Crippen LogP contribution in [0, 0.1) is 5.92 Å². The number of rotatable bonds is 3. The summed E-state index contributed by atoms with van der Waals surface area (Å²) < 4.78 is 5.84. The molecule has 2 aliphatic rings.